The third-order valence-corrected chi connectivity index (χ3v) is 4.24. The summed E-state index contributed by atoms with van der Waals surface area (Å²) in [5.74, 6) is 0.614. The predicted octanol–water partition coefficient (Wildman–Crippen LogP) is 1.26. The van der Waals surface area contributed by atoms with Gasteiger partial charge in [0.1, 0.15) is 5.52 Å². The minimum Gasteiger partial charge on any atom is -0.443 e. The molecule has 3 atom stereocenters. The highest BCUT2D eigenvalue weighted by molar-refractivity contribution is 5.97. The first-order chi connectivity index (χ1) is 9.29. The minimum absolute atomic E-state index is 0.0105. The van der Waals surface area contributed by atoms with Crippen molar-refractivity contribution in [2.45, 2.75) is 12.5 Å². The monoisotopic (exact) mass is 257 g/mol. The van der Waals surface area contributed by atoms with Crippen LogP contribution in [0.1, 0.15) is 16.8 Å². The molecule has 0 saturated carbocycles. The molecule has 1 amide bonds. The van der Waals surface area contributed by atoms with Gasteiger partial charge in [-0.2, -0.15) is 0 Å². The number of oxazole rings is 1. The lowest BCUT2D eigenvalue weighted by Crippen LogP contribution is -2.43. The number of rotatable bonds is 2. The SMILES string of the molecule is O=C(NC1CN2CCC1C2)c1ccc2ocnc2c1. The highest BCUT2D eigenvalue weighted by atomic mass is 16.3. The van der Waals surface area contributed by atoms with Crippen LogP contribution in [0.2, 0.25) is 0 Å². The number of nitrogens with one attached hydrogen (secondary N) is 1. The Bertz CT molecular complexity index is 636. The molecule has 4 rings (SSSR count). The number of carbonyl (C=O) groups is 1. The van der Waals surface area contributed by atoms with Gasteiger partial charge >= 0.3 is 0 Å². The predicted molar refractivity (Wildman–Crippen MR) is 69.8 cm³/mol. The number of nitrogens with zero attached hydrogens (tertiary/aromatic N) is 2. The lowest BCUT2D eigenvalue weighted by molar-refractivity contribution is 0.0924. The molecule has 2 aliphatic heterocycles. The van der Waals surface area contributed by atoms with Gasteiger partial charge in [-0.3, -0.25) is 4.79 Å². The zero-order chi connectivity index (χ0) is 12.8. The Balaban J connectivity index is 1.53. The van der Waals surface area contributed by atoms with Crippen molar-refractivity contribution >= 4 is 17.0 Å². The second-order valence-corrected chi connectivity index (χ2v) is 5.42. The Hall–Kier alpha value is -1.88. The summed E-state index contributed by atoms with van der Waals surface area (Å²) in [5.41, 5.74) is 2.09. The van der Waals surface area contributed by atoms with Crippen LogP contribution in [0.25, 0.3) is 11.1 Å². The van der Waals surface area contributed by atoms with Crippen LogP contribution in [0.4, 0.5) is 0 Å². The Morgan fingerprint density at radius 3 is 3.16 bits per heavy atom. The third-order valence-electron chi connectivity index (χ3n) is 4.24. The van der Waals surface area contributed by atoms with Crippen LogP contribution in [0, 0.1) is 5.92 Å². The van der Waals surface area contributed by atoms with Gasteiger partial charge in [0.25, 0.3) is 5.91 Å². The molecule has 2 bridgehead atoms. The van der Waals surface area contributed by atoms with Crippen molar-refractivity contribution in [3.8, 4) is 0 Å². The number of hydrogen-bond acceptors (Lipinski definition) is 4. The van der Waals surface area contributed by atoms with E-state index in [2.05, 4.69) is 15.2 Å². The summed E-state index contributed by atoms with van der Waals surface area (Å²) in [6.45, 7) is 3.30. The van der Waals surface area contributed by atoms with Gasteiger partial charge in [0, 0.05) is 24.7 Å². The van der Waals surface area contributed by atoms with Gasteiger partial charge in [-0.25, -0.2) is 4.98 Å². The number of benzene rings is 1. The van der Waals surface area contributed by atoms with E-state index < -0.39 is 0 Å². The fourth-order valence-electron chi connectivity index (χ4n) is 3.20. The topological polar surface area (TPSA) is 58.4 Å². The molecule has 0 aliphatic carbocycles. The summed E-state index contributed by atoms with van der Waals surface area (Å²) < 4.78 is 5.18. The molecule has 0 radical (unpaired) electrons. The molecular formula is C14H15N3O2. The summed E-state index contributed by atoms with van der Waals surface area (Å²) in [5, 5.41) is 3.14. The maximum absolute atomic E-state index is 12.3. The van der Waals surface area contributed by atoms with Crippen molar-refractivity contribution < 1.29 is 9.21 Å². The number of fused-ring (bicyclic) bond motifs is 3. The number of aromatic nitrogens is 1. The fourth-order valence-corrected chi connectivity index (χ4v) is 3.20. The number of carbonyl (C=O) groups excluding carboxylic acids is 1. The van der Waals surface area contributed by atoms with Gasteiger partial charge in [-0.05, 0) is 37.1 Å². The van der Waals surface area contributed by atoms with Gasteiger partial charge in [0.2, 0.25) is 0 Å². The minimum atomic E-state index is -0.0105. The average molecular weight is 257 g/mol. The molecule has 2 fully saturated rings. The van der Waals surface area contributed by atoms with E-state index in [1.165, 1.54) is 19.4 Å². The highest BCUT2D eigenvalue weighted by Gasteiger charge is 2.38. The van der Waals surface area contributed by atoms with Crippen LogP contribution in [-0.4, -0.2) is 41.5 Å². The summed E-state index contributed by atoms with van der Waals surface area (Å²) in [7, 11) is 0. The molecule has 3 unspecified atom stereocenters. The zero-order valence-corrected chi connectivity index (χ0v) is 10.5. The quantitative estimate of drug-likeness (QED) is 0.880. The molecule has 19 heavy (non-hydrogen) atoms. The summed E-state index contributed by atoms with van der Waals surface area (Å²) in [6.07, 6.45) is 2.60. The van der Waals surface area contributed by atoms with E-state index in [1.54, 1.807) is 18.2 Å². The average Bonchev–Trinajstić information content (AvgIpc) is 3.13. The molecule has 5 heteroatoms. The second-order valence-electron chi connectivity index (χ2n) is 5.42. The molecule has 5 nitrogen and oxygen atoms in total. The number of piperidine rings is 1. The molecule has 1 aromatic heterocycles. The van der Waals surface area contributed by atoms with Crippen LogP contribution >= 0.6 is 0 Å². The van der Waals surface area contributed by atoms with Gasteiger partial charge in [0.05, 0.1) is 0 Å². The molecule has 2 saturated heterocycles. The second kappa shape index (κ2) is 4.06. The van der Waals surface area contributed by atoms with Gasteiger partial charge < -0.3 is 14.6 Å². The van der Waals surface area contributed by atoms with Crippen molar-refractivity contribution in [3.63, 3.8) is 0 Å². The molecule has 1 N–H and O–H groups in total. The van der Waals surface area contributed by atoms with Crippen molar-refractivity contribution in [2.75, 3.05) is 19.6 Å². The smallest absolute Gasteiger partial charge is 0.251 e. The Morgan fingerprint density at radius 2 is 2.37 bits per heavy atom. The van der Waals surface area contributed by atoms with Gasteiger partial charge in [0.15, 0.2) is 12.0 Å². The van der Waals surface area contributed by atoms with Crippen LogP contribution in [0.5, 0.6) is 0 Å². The molecule has 98 valence electrons. The maximum atomic E-state index is 12.3. The van der Waals surface area contributed by atoms with Crippen LogP contribution in [0.15, 0.2) is 29.0 Å². The Morgan fingerprint density at radius 1 is 1.42 bits per heavy atom. The lowest BCUT2D eigenvalue weighted by atomic mass is 9.99. The van der Waals surface area contributed by atoms with E-state index in [9.17, 15) is 4.79 Å². The van der Waals surface area contributed by atoms with Crippen LogP contribution < -0.4 is 5.32 Å². The molecule has 0 spiro atoms. The van der Waals surface area contributed by atoms with Crippen LogP contribution in [0.3, 0.4) is 0 Å². The zero-order valence-electron chi connectivity index (χ0n) is 10.5. The summed E-state index contributed by atoms with van der Waals surface area (Å²) in [4.78, 5) is 18.7. The van der Waals surface area contributed by atoms with Crippen molar-refractivity contribution in [1.82, 2.24) is 15.2 Å². The van der Waals surface area contributed by atoms with Gasteiger partial charge in [-0.1, -0.05) is 0 Å². The highest BCUT2D eigenvalue weighted by Crippen LogP contribution is 2.28. The molecule has 1 aromatic carbocycles. The van der Waals surface area contributed by atoms with E-state index in [1.807, 2.05) is 0 Å². The Kier molecular flexibility index (Phi) is 2.35. The van der Waals surface area contributed by atoms with E-state index in [-0.39, 0.29) is 5.91 Å². The number of amides is 1. The standard InChI is InChI=1S/C14H15N3O2/c18-14(16-12-7-17-4-3-10(12)6-17)9-1-2-13-11(5-9)15-8-19-13/h1-2,5,8,10,12H,3-4,6-7H2,(H,16,18). The first-order valence-electron chi connectivity index (χ1n) is 6.66. The lowest BCUT2D eigenvalue weighted by Gasteiger charge is -2.23. The first-order valence-corrected chi connectivity index (χ1v) is 6.66. The fraction of sp³-hybridized carbons (Fsp3) is 0.429. The van der Waals surface area contributed by atoms with E-state index >= 15 is 0 Å². The Labute approximate surface area is 110 Å². The molecule has 2 aliphatic rings. The maximum Gasteiger partial charge on any atom is 0.251 e. The first kappa shape index (κ1) is 11.0. The van der Waals surface area contributed by atoms with E-state index in [0.29, 0.717) is 23.1 Å². The largest absolute Gasteiger partial charge is 0.443 e. The molecule has 3 heterocycles. The van der Waals surface area contributed by atoms with Crippen molar-refractivity contribution in [3.05, 3.63) is 30.2 Å². The van der Waals surface area contributed by atoms with E-state index in [4.69, 9.17) is 4.42 Å². The molecule has 2 aromatic rings. The van der Waals surface area contributed by atoms with Gasteiger partial charge in [-0.15, -0.1) is 0 Å². The normalized spacial score (nSPS) is 28.9. The third kappa shape index (κ3) is 1.81. The summed E-state index contributed by atoms with van der Waals surface area (Å²) in [6, 6.07) is 5.66. The van der Waals surface area contributed by atoms with Crippen molar-refractivity contribution in [1.29, 1.82) is 0 Å². The molecular weight excluding hydrogens is 242 g/mol. The van der Waals surface area contributed by atoms with Crippen molar-refractivity contribution in [2.24, 2.45) is 5.92 Å². The van der Waals surface area contributed by atoms with E-state index in [0.717, 1.165) is 18.6 Å². The summed E-state index contributed by atoms with van der Waals surface area (Å²) >= 11 is 0. The number of hydrogen-bond donors (Lipinski definition) is 1. The van der Waals surface area contributed by atoms with Crippen LogP contribution in [-0.2, 0) is 0 Å².